The maximum atomic E-state index is 12.7. The zero-order valence-corrected chi connectivity index (χ0v) is 8.44. The Hall–Kier alpha value is -1.68. The fourth-order valence-electron chi connectivity index (χ4n) is 1.52. The lowest BCUT2D eigenvalue weighted by Crippen LogP contribution is -1.98. The Morgan fingerprint density at radius 3 is 2.53 bits per heavy atom. The van der Waals surface area contributed by atoms with E-state index in [-0.39, 0.29) is 5.82 Å². The molecule has 1 heterocycles. The molecule has 0 aliphatic heterocycles. The van der Waals surface area contributed by atoms with E-state index < -0.39 is 0 Å². The number of aryl methyl sites for hydroxylation is 1. The largest absolute Gasteiger partial charge is 0.325 e. The molecule has 0 amide bonds. The molecule has 0 aliphatic rings. The molecule has 78 valence electrons. The molecule has 1 aromatic heterocycles. The van der Waals surface area contributed by atoms with E-state index in [1.165, 1.54) is 12.1 Å². The Morgan fingerprint density at radius 1 is 1.33 bits per heavy atom. The van der Waals surface area contributed by atoms with Gasteiger partial charge in [-0.05, 0) is 35.9 Å². The SMILES string of the molecule is Cn1nc(CN)cc1-c1ccc(F)cc1. The predicted molar refractivity (Wildman–Crippen MR) is 56.5 cm³/mol. The summed E-state index contributed by atoms with van der Waals surface area (Å²) in [5.74, 6) is -0.236. The average molecular weight is 205 g/mol. The molecule has 0 atom stereocenters. The molecule has 0 fully saturated rings. The third kappa shape index (κ3) is 1.89. The number of aromatic nitrogens is 2. The van der Waals surface area contributed by atoms with Crippen molar-refractivity contribution in [3.8, 4) is 11.3 Å². The van der Waals surface area contributed by atoms with Crippen LogP contribution in [-0.2, 0) is 13.6 Å². The second-order valence-corrected chi connectivity index (χ2v) is 3.36. The van der Waals surface area contributed by atoms with Crippen molar-refractivity contribution in [1.82, 2.24) is 9.78 Å². The van der Waals surface area contributed by atoms with Gasteiger partial charge in [0.2, 0.25) is 0 Å². The molecule has 2 aromatic rings. The minimum absolute atomic E-state index is 0.236. The van der Waals surface area contributed by atoms with E-state index in [4.69, 9.17) is 5.73 Å². The van der Waals surface area contributed by atoms with Gasteiger partial charge in [-0.15, -0.1) is 0 Å². The van der Waals surface area contributed by atoms with Crippen LogP contribution in [0.4, 0.5) is 4.39 Å². The van der Waals surface area contributed by atoms with Gasteiger partial charge in [-0.1, -0.05) is 0 Å². The summed E-state index contributed by atoms with van der Waals surface area (Å²) in [6.07, 6.45) is 0. The minimum atomic E-state index is -0.236. The monoisotopic (exact) mass is 205 g/mol. The standard InChI is InChI=1S/C11H12FN3/c1-15-11(6-10(7-13)14-15)8-2-4-9(12)5-3-8/h2-6H,7,13H2,1H3. The third-order valence-electron chi connectivity index (χ3n) is 2.28. The van der Waals surface area contributed by atoms with Crippen molar-refractivity contribution >= 4 is 0 Å². The van der Waals surface area contributed by atoms with E-state index in [0.717, 1.165) is 17.0 Å². The molecule has 0 bridgehead atoms. The Bertz CT molecular complexity index is 459. The molecular formula is C11H12FN3. The summed E-state index contributed by atoms with van der Waals surface area (Å²) in [4.78, 5) is 0. The van der Waals surface area contributed by atoms with E-state index in [9.17, 15) is 4.39 Å². The first kappa shape index (κ1) is 9.86. The van der Waals surface area contributed by atoms with Crippen LogP contribution in [-0.4, -0.2) is 9.78 Å². The fourth-order valence-corrected chi connectivity index (χ4v) is 1.52. The summed E-state index contributed by atoms with van der Waals surface area (Å²) in [6.45, 7) is 0.412. The summed E-state index contributed by atoms with van der Waals surface area (Å²) in [6, 6.07) is 8.24. The van der Waals surface area contributed by atoms with Crippen LogP contribution in [0.2, 0.25) is 0 Å². The van der Waals surface area contributed by atoms with Gasteiger partial charge in [-0.3, -0.25) is 4.68 Å². The Kier molecular flexibility index (Phi) is 2.51. The number of hydrogen-bond donors (Lipinski definition) is 1. The molecule has 0 unspecified atom stereocenters. The number of nitrogens with zero attached hydrogens (tertiary/aromatic N) is 2. The first-order valence-electron chi connectivity index (χ1n) is 4.69. The fraction of sp³-hybridized carbons (Fsp3) is 0.182. The first-order valence-corrected chi connectivity index (χ1v) is 4.69. The Labute approximate surface area is 87.3 Å². The molecule has 0 radical (unpaired) electrons. The second-order valence-electron chi connectivity index (χ2n) is 3.36. The molecule has 4 heteroatoms. The summed E-state index contributed by atoms with van der Waals surface area (Å²) in [5.41, 5.74) is 8.21. The number of benzene rings is 1. The molecule has 2 N–H and O–H groups in total. The van der Waals surface area contributed by atoms with Crippen molar-refractivity contribution in [1.29, 1.82) is 0 Å². The molecule has 0 aliphatic carbocycles. The number of nitrogens with two attached hydrogens (primary N) is 1. The van der Waals surface area contributed by atoms with Gasteiger partial charge in [0, 0.05) is 13.6 Å². The van der Waals surface area contributed by atoms with Crippen LogP contribution in [0.5, 0.6) is 0 Å². The zero-order chi connectivity index (χ0) is 10.8. The Balaban J connectivity index is 2.44. The van der Waals surface area contributed by atoms with Crippen LogP contribution in [0, 0.1) is 5.82 Å². The van der Waals surface area contributed by atoms with Crippen LogP contribution in [0.3, 0.4) is 0 Å². The predicted octanol–water partition coefficient (Wildman–Crippen LogP) is 1.68. The molecule has 0 saturated carbocycles. The van der Waals surface area contributed by atoms with Gasteiger partial charge >= 0.3 is 0 Å². The van der Waals surface area contributed by atoms with Crippen LogP contribution >= 0.6 is 0 Å². The van der Waals surface area contributed by atoms with Crippen molar-refractivity contribution in [3.63, 3.8) is 0 Å². The summed E-state index contributed by atoms with van der Waals surface area (Å²) < 4.78 is 14.5. The molecule has 15 heavy (non-hydrogen) atoms. The topological polar surface area (TPSA) is 43.8 Å². The van der Waals surface area contributed by atoms with E-state index in [1.807, 2.05) is 13.1 Å². The van der Waals surface area contributed by atoms with Gasteiger partial charge in [-0.2, -0.15) is 5.10 Å². The van der Waals surface area contributed by atoms with Crippen molar-refractivity contribution in [2.45, 2.75) is 6.54 Å². The second kappa shape index (κ2) is 3.82. The van der Waals surface area contributed by atoms with Crippen molar-refractivity contribution in [2.75, 3.05) is 0 Å². The van der Waals surface area contributed by atoms with E-state index in [2.05, 4.69) is 5.10 Å². The van der Waals surface area contributed by atoms with E-state index in [1.54, 1.807) is 16.8 Å². The summed E-state index contributed by atoms with van der Waals surface area (Å²) >= 11 is 0. The molecule has 1 aromatic carbocycles. The first-order chi connectivity index (χ1) is 7.20. The zero-order valence-electron chi connectivity index (χ0n) is 8.44. The van der Waals surface area contributed by atoms with Crippen LogP contribution in [0.15, 0.2) is 30.3 Å². The van der Waals surface area contributed by atoms with Gasteiger partial charge < -0.3 is 5.73 Å². The number of halogens is 1. The maximum Gasteiger partial charge on any atom is 0.123 e. The lowest BCUT2D eigenvalue weighted by molar-refractivity contribution is 0.628. The van der Waals surface area contributed by atoms with E-state index >= 15 is 0 Å². The quantitative estimate of drug-likeness (QED) is 0.810. The maximum absolute atomic E-state index is 12.7. The molecule has 0 saturated heterocycles. The highest BCUT2D eigenvalue weighted by Crippen LogP contribution is 2.19. The van der Waals surface area contributed by atoms with Gasteiger partial charge in [0.15, 0.2) is 0 Å². The lowest BCUT2D eigenvalue weighted by atomic mass is 10.1. The van der Waals surface area contributed by atoms with E-state index in [0.29, 0.717) is 6.54 Å². The van der Waals surface area contributed by atoms with Crippen molar-refractivity contribution < 1.29 is 4.39 Å². The lowest BCUT2D eigenvalue weighted by Gasteiger charge is -2.00. The molecular weight excluding hydrogens is 193 g/mol. The molecule has 3 nitrogen and oxygen atoms in total. The smallest absolute Gasteiger partial charge is 0.123 e. The van der Waals surface area contributed by atoms with Gasteiger partial charge in [0.1, 0.15) is 5.82 Å². The van der Waals surface area contributed by atoms with Crippen molar-refractivity contribution in [3.05, 3.63) is 41.8 Å². The number of hydrogen-bond acceptors (Lipinski definition) is 2. The average Bonchev–Trinajstić information content (AvgIpc) is 2.61. The Morgan fingerprint density at radius 2 is 2.00 bits per heavy atom. The highest BCUT2D eigenvalue weighted by molar-refractivity contribution is 5.59. The normalized spacial score (nSPS) is 10.6. The summed E-state index contributed by atoms with van der Waals surface area (Å²) in [5, 5.41) is 4.23. The van der Waals surface area contributed by atoms with Gasteiger partial charge in [-0.25, -0.2) is 4.39 Å². The van der Waals surface area contributed by atoms with Gasteiger partial charge in [0.05, 0.1) is 11.4 Å². The highest BCUT2D eigenvalue weighted by Gasteiger charge is 2.05. The summed E-state index contributed by atoms with van der Waals surface area (Å²) in [7, 11) is 1.85. The minimum Gasteiger partial charge on any atom is -0.325 e. The van der Waals surface area contributed by atoms with Crippen LogP contribution < -0.4 is 5.73 Å². The highest BCUT2D eigenvalue weighted by atomic mass is 19.1. The van der Waals surface area contributed by atoms with Crippen LogP contribution in [0.1, 0.15) is 5.69 Å². The van der Waals surface area contributed by atoms with Gasteiger partial charge in [0.25, 0.3) is 0 Å². The molecule has 2 rings (SSSR count). The molecule has 0 spiro atoms. The third-order valence-corrected chi connectivity index (χ3v) is 2.28. The number of rotatable bonds is 2. The van der Waals surface area contributed by atoms with Crippen LogP contribution in [0.25, 0.3) is 11.3 Å². The van der Waals surface area contributed by atoms with Crippen molar-refractivity contribution in [2.24, 2.45) is 12.8 Å².